The molecule has 0 aliphatic carbocycles. The second-order valence-electron chi connectivity index (χ2n) is 5.56. The van der Waals surface area contributed by atoms with Gasteiger partial charge in [-0.1, -0.05) is 19.9 Å². The number of nitrogens with zero attached hydrogens (tertiary/aromatic N) is 2. The highest BCUT2D eigenvalue weighted by atomic mass is 19.1. The molecular formula is C21H23FN6O. The van der Waals surface area contributed by atoms with Gasteiger partial charge < -0.3 is 16.0 Å². The molecule has 0 saturated heterocycles. The molecule has 7 nitrogen and oxygen atoms in total. The third-order valence-corrected chi connectivity index (χ3v) is 3.61. The van der Waals surface area contributed by atoms with E-state index in [4.69, 9.17) is 5.41 Å². The molecule has 8 heteroatoms. The predicted molar refractivity (Wildman–Crippen MR) is 113 cm³/mol. The summed E-state index contributed by atoms with van der Waals surface area (Å²) in [6.07, 6.45) is 4.29. The van der Waals surface area contributed by atoms with Crippen LogP contribution in [0.25, 0.3) is 0 Å². The minimum atomic E-state index is -0.427. The average Bonchev–Trinajstić information content (AvgIpc) is 2.77. The van der Waals surface area contributed by atoms with Crippen LogP contribution in [-0.4, -0.2) is 22.2 Å². The van der Waals surface area contributed by atoms with E-state index in [0.29, 0.717) is 22.8 Å². The molecule has 2 amide bonds. The zero-order chi connectivity index (χ0) is 21.1. The van der Waals surface area contributed by atoms with Crippen LogP contribution >= 0.6 is 0 Å². The SMILES string of the molecule is CC.N=Cc1cc(NC(=O)NCc2ccccn2)ncc1Nc1ccc(F)cc1. The van der Waals surface area contributed by atoms with Crippen molar-refractivity contribution >= 4 is 29.4 Å². The highest BCUT2D eigenvalue weighted by molar-refractivity contribution is 5.92. The summed E-state index contributed by atoms with van der Waals surface area (Å²) < 4.78 is 13.0. The molecule has 2 aromatic heterocycles. The number of carbonyl (C=O) groups excluding carboxylic acids is 1. The lowest BCUT2D eigenvalue weighted by molar-refractivity contribution is 0.251. The number of hydrogen-bond acceptors (Lipinski definition) is 5. The Morgan fingerprint density at radius 3 is 2.55 bits per heavy atom. The minimum Gasteiger partial charge on any atom is -0.354 e. The molecule has 0 radical (unpaired) electrons. The molecule has 0 aliphatic rings. The van der Waals surface area contributed by atoms with Gasteiger partial charge in [0, 0.05) is 23.7 Å². The van der Waals surface area contributed by atoms with Crippen LogP contribution < -0.4 is 16.0 Å². The van der Waals surface area contributed by atoms with Crippen molar-refractivity contribution in [3.8, 4) is 0 Å². The summed E-state index contributed by atoms with van der Waals surface area (Å²) >= 11 is 0. The number of anilines is 3. The molecule has 0 fully saturated rings. The van der Waals surface area contributed by atoms with E-state index in [2.05, 4.69) is 25.9 Å². The number of rotatable bonds is 6. The van der Waals surface area contributed by atoms with Crippen molar-refractivity contribution < 1.29 is 9.18 Å². The number of halogens is 1. The van der Waals surface area contributed by atoms with Crippen LogP contribution in [0, 0.1) is 11.2 Å². The van der Waals surface area contributed by atoms with Crippen molar-refractivity contribution in [2.45, 2.75) is 20.4 Å². The largest absolute Gasteiger partial charge is 0.354 e. The van der Waals surface area contributed by atoms with Gasteiger partial charge in [0.1, 0.15) is 11.6 Å². The highest BCUT2D eigenvalue weighted by Crippen LogP contribution is 2.21. The number of benzene rings is 1. The molecule has 0 spiro atoms. The Balaban J connectivity index is 0.00000145. The van der Waals surface area contributed by atoms with Crippen molar-refractivity contribution in [3.63, 3.8) is 0 Å². The Hall–Kier alpha value is -3.81. The van der Waals surface area contributed by atoms with Gasteiger partial charge >= 0.3 is 6.03 Å². The second-order valence-corrected chi connectivity index (χ2v) is 5.56. The number of pyridine rings is 2. The van der Waals surface area contributed by atoms with E-state index >= 15 is 0 Å². The molecule has 0 bridgehead atoms. The first kappa shape index (κ1) is 21.5. The highest BCUT2D eigenvalue weighted by Gasteiger charge is 2.07. The third kappa shape index (κ3) is 6.69. The van der Waals surface area contributed by atoms with E-state index in [1.54, 1.807) is 30.5 Å². The zero-order valence-corrected chi connectivity index (χ0v) is 16.2. The molecule has 0 aliphatic heterocycles. The molecule has 1 aromatic carbocycles. The zero-order valence-electron chi connectivity index (χ0n) is 16.2. The number of amides is 2. The van der Waals surface area contributed by atoms with Crippen LogP contribution in [0.5, 0.6) is 0 Å². The summed E-state index contributed by atoms with van der Waals surface area (Å²) in [7, 11) is 0. The van der Waals surface area contributed by atoms with Gasteiger partial charge in [0.15, 0.2) is 0 Å². The van der Waals surface area contributed by atoms with E-state index in [-0.39, 0.29) is 12.4 Å². The Morgan fingerprint density at radius 1 is 1.14 bits per heavy atom. The fourth-order valence-electron chi connectivity index (χ4n) is 2.29. The van der Waals surface area contributed by atoms with Crippen molar-refractivity contribution in [2.24, 2.45) is 0 Å². The topological polar surface area (TPSA) is 103 Å². The predicted octanol–water partition coefficient (Wildman–Crippen LogP) is 4.70. The lowest BCUT2D eigenvalue weighted by Crippen LogP contribution is -2.28. The van der Waals surface area contributed by atoms with Gasteiger partial charge in [0.05, 0.1) is 24.1 Å². The van der Waals surface area contributed by atoms with E-state index in [9.17, 15) is 9.18 Å². The minimum absolute atomic E-state index is 0.286. The van der Waals surface area contributed by atoms with Crippen LogP contribution in [-0.2, 0) is 6.54 Å². The Kier molecular flexibility index (Phi) is 8.25. The van der Waals surface area contributed by atoms with Gasteiger partial charge in [-0.15, -0.1) is 0 Å². The number of urea groups is 1. The first-order valence-electron chi connectivity index (χ1n) is 9.12. The van der Waals surface area contributed by atoms with E-state index in [1.165, 1.54) is 18.3 Å². The van der Waals surface area contributed by atoms with Gasteiger partial charge in [0.2, 0.25) is 0 Å². The van der Waals surface area contributed by atoms with E-state index in [1.807, 2.05) is 26.0 Å². The molecule has 0 unspecified atom stereocenters. The van der Waals surface area contributed by atoms with Gasteiger partial charge in [0.25, 0.3) is 0 Å². The maximum Gasteiger partial charge on any atom is 0.320 e. The van der Waals surface area contributed by atoms with E-state index < -0.39 is 6.03 Å². The number of carbonyl (C=O) groups is 1. The molecular weight excluding hydrogens is 371 g/mol. The molecule has 0 atom stereocenters. The third-order valence-electron chi connectivity index (χ3n) is 3.61. The summed E-state index contributed by atoms with van der Waals surface area (Å²) in [4.78, 5) is 20.3. The molecule has 2 heterocycles. The van der Waals surface area contributed by atoms with Crippen LogP contribution in [0.3, 0.4) is 0 Å². The fraction of sp³-hybridized carbons (Fsp3) is 0.143. The lowest BCUT2D eigenvalue weighted by Gasteiger charge is -2.11. The average molecular weight is 394 g/mol. The van der Waals surface area contributed by atoms with Gasteiger partial charge in [-0.25, -0.2) is 14.2 Å². The van der Waals surface area contributed by atoms with Gasteiger partial charge in [-0.3, -0.25) is 10.3 Å². The van der Waals surface area contributed by atoms with Crippen LogP contribution in [0.4, 0.5) is 26.4 Å². The maximum atomic E-state index is 13.0. The van der Waals surface area contributed by atoms with Crippen molar-refractivity contribution in [1.82, 2.24) is 15.3 Å². The number of nitrogens with one attached hydrogen (secondary N) is 4. The molecule has 0 saturated carbocycles. The Labute approximate surface area is 168 Å². The first-order valence-corrected chi connectivity index (χ1v) is 9.12. The first-order chi connectivity index (χ1) is 14.1. The standard InChI is InChI=1S/C19H17FN6O.C2H6/c20-14-4-6-15(7-5-14)25-17-12-23-18(9-13(17)10-21)26-19(27)24-11-16-3-1-2-8-22-16;1-2/h1-10,12,21,25H,11H2,(H2,23,24,26,27);1-2H3. The van der Waals surface area contributed by atoms with Crippen LogP contribution in [0.2, 0.25) is 0 Å². The number of hydrogen-bond donors (Lipinski definition) is 4. The summed E-state index contributed by atoms with van der Waals surface area (Å²) in [5.74, 6) is -0.0288. The molecule has 150 valence electrons. The fourth-order valence-corrected chi connectivity index (χ4v) is 2.29. The monoisotopic (exact) mass is 394 g/mol. The van der Waals surface area contributed by atoms with Crippen LogP contribution in [0.15, 0.2) is 60.9 Å². The Bertz CT molecular complexity index is 932. The maximum absolute atomic E-state index is 13.0. The summed E-state index contributed by atoms with van der Waals surface area (Å²) in [6, 6.07) is 12.4. The van der Waals surface area contributed by atoms with Crippen LogP contribution in [0.1, 0.15) is 25.1 Å². The summed E-state index contributed by atoms with van der Waals surface area (Å²) in [5, 5.41) is 15.9. The van der Waals surface area contributed by atoms with Crippen molar-refractivity contribution in [3.05, 3.63) is 78.0 Å². The Morgan fingerprint density at radius 2 is 1.90 bits per heavy atom. The molecule has 3 aromatic rings. The normalized spacial score (nSPS) is 9.62. The second kappa shape index (κ2) is 11.1. The summed E-state index contributed by atoms with van der Waals surface area (Å²) in [6.45, 7) is 4.29. The molecule has 3 rings (SSSR count). The van der Waals surface area contributed by atoms with Crippen molar-refractivity contribution in [2.75, 3.05) is 10.6 Å². The van der Waals surface area contributed by atoms with Gasteiger partial charge in [-0.2, -0.15) is 0 Å². The van der Waals surface area contributed by atoms with E-state index in [0.717, 1.165) is 11.9 Å². The quantitative estimate of drug-likeness (QED) is 0.455. The number of aromatic nitrogens is 2. The molecule has 4 N–H and O–H groups in total. The van der Waals surface area contributed by atoms with Crippen molar-refractivity contribution in [1.29, 1.82) is 5.41 Å². The van der Waals surface area contributed by atoms with Gasteiger partial charge in [-0.05, 0) is 42.5 Å². The molecule has 29 heavy (non-hydrogen) atoms. The smallest absolute Gasteiger partial charge is 0.320 e. The summed E-state index contributed by atoms with van der Waals surface area (Å²) in [5.41, 5.74) is 2.49. The lowest BCUT2D eigenvalue weighted by atomic mass is 10.2.